The molecule has 4 nitrogen and oxygen atoms in total. The van der Waals surface area contributed by atoms with E-state index in [4.69, 9.17) is 4.74 Å². The predicted molar refractivity (Wildman–Crippen MR) is 77.4 cm³/mol. The molecule has 1 N–H and O–H groups in total. The van der Waals surface area contributed by atoms with Gasteiger partial charge in [0.25, 0.3) is 0 Å². The lowest BCUT2D eigenvalue weighted by Crippen LogP contribution is -2.33. The highest BCUT2D eigenvalue weighted by atomic mass is 16.5. The van der Waals surface area contributed by atoms with E-state index in [-0.39, 0.29) is 6.10 Å². The number of nitrogens with zero attached hydrogens (tertiary/aromatic N) is 2. The lowest BCUT2D eigenvalue weighted by Gasteiger charge is -2.33. The molecule has 0 aliphatic heterocycles. The van der Waals surface area contributed by atoms with Crippen LogP contribution in [0, 0.1) is 11.8 Å². The minimum absolute atomic E-state index is 0.136. The van der Waals surface area contributed by atoms with Crippen LogP contribution in [0.15, 0.2) is 12.4 Å². The highest BCUT2D eigenvalue weighted by molar-refractivity contribution is 5.38. The number of hydrogen-bond acceptors (Lipinski definition) is 4. The van der Waals surface area contributed by atoms with Gasteiger partial charge in [-0.25, -0.2) is 9.97 Å². The average molecular weight is 263 g/mol. The van der Waals surface area contributed by atoms with Crippen LogP contribution in [0.2, 0.25) is 0 Å². The molecule has 4 heteroatoms. The van der Waals surface area contributed by atoms with E-state index in [2.05, 4.69) is 29.1 Å². The molecule has 1 aliphatic carbocycles. The fourth-order valence-electron chi connectivity index (χ4n) is 2.79. The Labute approximate surface area is 116 Å². The topological polar surface area (TPSA) is 47.0 Å². The van der Waals surface area contributed by atoms with E-state index in [1.165, 1.54) is 19.3 Å². The molecule has 1 saturated carbocycles. The van der Waals surface area contributed by atoms with Crippen molar-refractivity contribution in [2.75, 3.05) is 5.32 Å². The monoisotopic (exact) mass is 263 g/mol. The smallest absolute Gasteiger partial charge is 0.218 e. The Bertz CT molecular complexity index is 408. The van der Waals surface area contributed by atoms with Gasteiger partial charge in [-0.05, 0) is 44.9 Å². The van der Waals surface area contributed by atoms with Crippen molar-refractivity contribution in [1.29, 1.82) is 0 Å². The van der Waals surface area contributed by atoms with Gasteiger partial charge in [0, 0.05) is 12.1 Å². The Balaban J connectivity index is 1.98. The first-order valence-electron chi connectivity index (χ1n) is 7.30. The van der Waals surface area contributed by atoms with Gasteiger partial charge in [-0.2, -0.15) is 0 Å². The number of rotatable bonds is 4. The van der Waals surface area contributed by atoms with Crippen LogP contribution in [0.4, 0.5) is 5.82 Å². The lowest BCUT2D eigenvalue weighted by atomic mass is 9.80. The van der Waals surface area contributed by atoms with Gasteiger partial charge in [-0.3, -0.25) is 0 Å². The molecule has 3 atom stereocenters. The number of nitrogens with one attached hydrogen (secondary N) is 1. The summed E-state index contributed by atoms with van der Waals surface area (Å²) < 4.78 is 5.60. The highest BCUT2D eigenvalue weighted by Gasteiger charge is 2.25. The largest absolute Gasteiger partial charge is 0.475 e. The van der Waals surface area contributed by atoms with E-state index in [9.17, 15) is 0 Å². The van der Waals surface area contributed by atoms with Gasteiger partial charge in [-0.1, -0.05) is 13.8 Å². The minimum atomic E-state index is 0.136. The molecule has 0 aromatic carbocycles. The third-order valence-corrected chi connectivity index (χ3v) is 3.76. The van der Waals surface area contributed by atoms with Crippen LogP contribution in [0.3, 0.4) is 0 Å². The minimum Gasteiger partial charge on any atom is -0.475 e. The van der Waals surface area contributed by atoms with Gasteiger partial charge in [-0.15, -0.1) is 0 Å². The summed E-state index contributed by atoms with van der Waals surface area (Å²) in [5.41, 5.74) is 0. The number of anilines is 1. The van der Waals surface area contributed by atoms with Crippen molar-refractivity contribution in [3.05, 3.63) is 12.4 Å². The number of aromatic nitrogens is 2. The quantitative estimate of drug-likeness (QED) is 0.903. The normalized spacial score (nSPS) is 27.3. The summed E-state index contributed by atoms with van der Waals surface area (Å²) in [6.45, 7) is 8.66. The maximum atomic E-state index is 5.60. The molecule has 0 amide bonds. The Hall–Kier alpha value is -1.32. The molecule has 0 saturated heterocycles. The van der Waals surface area contributed by atoms with Crippen LogP contribution < -0.4 is 10.1 Å². The van der Waals surface area contributed by atoms with Crippen molar-refractivity contribution in [2.45, 2.75) is 59.1 Å². The van der Waals surface area contributed by atoms with E-state index in [0.29, 0.717) is 17.8 Å². The zero-order chi connectivity index (χ0) is 13.8. The van der Waals surface area contributed by atoms with Crippen molar-refractivity contribution < 1.29 is 4.74 Å². The third kappa shape index (κ3) is 4.08. The molecular weight excluding hydrogens is 238 g/mol. The first-order valence-corrected chi connectivity index (χ1v) is 7.30. The molecule has 1 heterocycles. The molecular formula is C15H25N3O. The van der Waals surface area contributed by atoms with Gasteiger partial charge < -0.3 is 10.1 Å². The Morgan fingerprint density at radius 3 is 2.74 bits per heavy atom. The SMILES string of the molecule is CC1CCC(Nc2cc(OC(C)C)ncn2)C(C)C1. The summed E-state index contributed by atoms with van der Waals surface area (Å²) in [7, 11) is 0. The fraction of sp³-hybridized carbons (Fsp3) is 0.733. The van der Waals surface area contributed by atoms with Crippen LogP contribution in [0.1, 0.15) is 47.0 Å². The van der Waals surface area contributed by atoms with Crippen molar-refractivity contribution in [3.8, 4) is 5.88 Å². The molecule has 1 fully saturated rings. The predicted octanol–water partition coefficient (Wildman–Crippen LogP) is 3.50. The fourth-order valence-corrected chi connectivity index (χ4v) is 2.79. The van der Waals surface area contributed by atoms with Crippen LogP contribution in [-0.2, 0) is 0 Å². The highest BCUT2D eigenvalue weighted by Crippen LogP contribution is 2.30. The lowest BCUT2D eigenvalue weighted by molar-refractivity contribution is 0.232. The maximum Gasteiger partial charge on any atom is 0.218 e. The third-order valence-electron chi connectivity index (χ3n) is 3.76. The van der Waals surface area contributed by atoms with Gasteiger partial charge in [0.2, 0.25) is 5.88 Å². The van der Waals surface area contributed by atoms with Crippen LogP contribution in [-0.4, -0.2) is 22.1 Å². The number of ether oxygens (including phenoxy) is 1. The van der Waals surface area contributed by atoms with Gasteiger partial charge >= 0.3 is 0 Å². The van der Waals surface area contributed by atoms with Crippen molar-refractivity contribution in [2.24, 2.45) is 11.8 Å². The van der Waals surface area contributed by atoms with E-state index >= 15 is 0 Å². The molecule has 2 rings (SSSR count). The van der Waals surface area contributed by atoms with Crippen LogP contribution >= 0.6 is 0 Å². The zero-order valence-corrected chi connectivity index (χ0v) is 12.4. The summed E-state index contributed by atoms with van der Waals surface area (Å²) in [6.07, 6.45) is 5.50. The van der Waals surface area contributed by atoms with E-state index in [1.807, 2.05) is 19.9 Å². The molecule has 19 heavy (non-hydrogen) atoms. The Morgan fingerprint density at radius 1 is 1.26 bits per heavy atom. The second-order valence-electron chi connectivity index (χ2n) is 6.05. The van der Waals surface area contributed by atoms with Crippen molar-refractivity contribution in [3.63, 3.8) is 0 Å². The van der Waals surface area contributed by atoms with Crippen molar-refractivity contribution >= 4 is 5.82 Å². The summed E-state index contributed by atoms with van der Waals surface area (Å²) >= 11 is 0. The molecule has 1 aliphatic rings. The second-order valence-corrected chi connectivity index (χ2v) is 6.05. The number of hydrogen-bond donors (Lipinski definition) is 1. The average Bonchev–Trinajstić information content (AvgIpc) is 2.32. The Kier molecular flexibility index (Phi) is 4.61. The van der Waals surface area contributed by atoms with E-state index in [1.54, 1.807) is 6.33 Å². The van der Waals surface area contributed by atoms with E-state index < -0.39 is 0 Å². The zero-order valence-electron chi connectivity index (χ0n) is 12.4. The second kappa shape index (κ2) is 6.22. The molecule has 3 unspecified atom stereocenters. The van der Waals surface area contributed by atoms with E-state index in [0.717, 1.165) is 11.7 Å². The standard InChI is InChI=1S/C15H25N3O/c1-10(2)19-15-8-14(16-9-17-15)18-13-6-5-11(3)7-12(13)4/h8-13H,5-7H2,1-4H3,(H,16,17,18). The first kappa shape index (κ1) is 14.1. The molecule has 106 valence electrons. The van der Waals surface area contributed by atoms with Gasteiger partial charge in [0.15, 0.2) is 0 Å². The molecule has 0 radical (unpaired) electrons. The molecule has 1 aromatic heterocycles. The molecule has 0 bridgehead atoms. The van der Waals surface area contributed by atoms with Crippen molar-refractivity contribution in [1.82, 2.24) is 9.97 Å². The van der Waals surface area contributed by atoms with Gasteiger partial charge in [0.05, 0.1) is 6.10 Å². The van der Waals surface area contributed by atoms with Gasteiger partial charge in [0.1, 0.15) is 12.1 Å². The van der Waals surface area contributed by atoms with Crippen LogP contribution in [0.5, 0.6) is 5.88 Å². The first-order chi connectivity index (χ1) is 9.04. The molecule has 1 aromatic rings. The maximum absolute atomic E-state index is 5.60. The molecule has 0 spiro atoms. The Morgan fingerprint density at radius 2 is 2.05 bits per heavy atom. The van der Waals surface area contributed by atoms with Crippen LogP contribution in [0.25, 0.3) is 0 Å². The summed E-state index contributed by atoms with van der Waals surface area (Å²) in [4.78, 5) is 8.42. The summed E-state index contributed by atoms with van der Waals surface area (Å²) in [6, 6.07) is 2.41. The summed E-state index contributed by atoms with van der Waals surface area (Å²) in [5.74, 6) is 3.05. The summed E-state index contributed by atoms with van der Waals surface area (Å²) in [5, 5.41) is 3.53.